The number of aromatic nitrogens is 2. The Bertz CT molecular complexity index is 1140. The number of anilines is 1. The number of halogens is 1. The van der Waals surface area contributed by atoms with Gasteiger partial charge >= 0.3 is 0 Å². The topological polar surface area (TPSA) is 69.6 Å². The minimum Gasteiger partial charge on any atom is -0.352 e. The Kier molecular flexibility index (Phi) is 7.43. The molecule has 0 saturated carbocycles. The molecule has 1 saturated heterocycles. The maximum absolute atomic E-state index is 12.9. The maximum atomic E-state index is 12.9. The molecule has 176 valence electrons. The quantitative estimate of drug-likeness (QED) is 0.538. The summed E-state index contributed by atoms with van der Waals surface area (Å²) in [5.74, 6) is 0.609. The first-order valence-electron chi connectivity index (χ1n) is 11.4. The first-order chi connectivity index (χ1) is 16.5. The third-order valence-electron chi connectivity index (χ3n) is 6.05. The van der Waals surface area contributed by atoms with Crippen LogP contribution in [0.25, 0.3) is 11.3 Å². The van der Waals surface area contributed by atoms with E-state index >= 15 is 0 Å². The number of carbonyl (C=O) groups excluding carboxylic acids is 2. The summed E-state index contributed by atoms with van der Waals surface area (Å²) in [4.78, 5) is 31.2. The molecule has 1 aromatic heterocycles. The van der Waals surface area contributed by atoms with Gasteiger partial charge in [-0.25, -0.2) is 0 Å². The van der Waals surface area contributed by atoms with Crippen LogP contribution in [0.5, 0.6) is 0 Å². The number of nitrogens with zero attached hydrogens (tertiary/aromatic N) is 5. The highest BCUT2D eigenvalue weighted by atomic mass is 35.5. The molecule has 0 bridgehead atoms. The predicted molar refractivity (Wildman–Crippen MR) is 134 cm³/mol. The van der Waals surface area contributed by atoms with Gasteiger partial charge in [0.1, 0.15) is 6.54 Å². The number of likely N-dealkylation sites (N-methyl/N-ethyl adjacent to an activating group) is 1. The predicted octanol–water partition coefficient (Wildman–Crippen LogP) is 3.92. The number of hydrogen-bond acceptors (Lipinski definition) is 5. The Morgan fingerprint density at radius 2 is 1.65 bits per heavy atom. The van der Waals surface area contributed by atoms with Gasteiger partial charge < -0.3 is 14.7 Å². The molecule has 0 unspecified atom stereocenters. The Morgan fingerprint density at radius 3 is 2.26 bits per heavy atom. The summed E-state index contributed by atoms with van der Waals surface area (Å²) in [7, 11) is 0. The fraction of sp³-hybridized carbons (Fsp3) is 0.308. The van der Waals surface area contributed by atoms with Gasteiger partial charge in [0.15, 0.2) is 5.82 Å². The summed E-state index contributed by atoms with van der Waals surface area (Å²) in [5, 5.41) is 9.36. The van der Waals surface area contributed by atoms with Crippen molar-refractivity contribution >= 4 is 29.2 Å². The minimum absolute atomic E-state index is 0.0397. The first-order valence-corrected chi connectivity index (χ1v) is 11.8. The van der Waals surface area contributed by atoms with Crippen LogP contribution in [0.3, 0.4) is 0 Å². The highest BCUT2D eigenvalue weighted by Crippen LogP contribution is 2.26. The minimum atomic E-state index is -0.122. The van der Waals surface area contributed by atoms with Crippen molar-refractivity contribution in [3.05, 3.63) is 76.8 Å². The molecule has 7 nitrogen and oxygen atoms in total. The monoisotopic (exact) mass is 477 g/mol. The molecule has 1 aliphatic rings. The van der Waals surface area contributed by atoms with Crippen LogP contribution in [-0.2, 0) is 4.79 Å². The van der Waals surface area contributed by atoms with Gasteiger partial charge in [0.05, 0.1) is 10.7 Å². The summed E-state index contributed by atoms with van der Waals surface area (Å²) in [6.07, 6.45) is 0. The van der Waals surface area contributed by atoms with Crippen molar-refractivity contribution in [2.24, 2.45) is 0 Å². The summed E-state index contributed by atoms with van der Waals surface area (Å²) in [5.41, 5.74) is 3.26. The van der Waals surface area contributed by atoms with Gasteiger partial charge in [-0.1, -0.05) is 47.5 Å². The number of aryl methyl sites for hydroxylation is 1. The van der Waals surface area contributed by atoms with Crippen molar-refractivity contribution in [1.29, 1.82) is 0 Å². The van der Waals surface area contributed by atoms with Crippen LogP contribution in [0, 0.1) is 6.92 Å². The summed E-state index contributed by atoms with van der Waals surface area (Å²) < 4.78 is 0. The van der Waals surface area contributed by atoms with Crippen LogP contribution in [-0.4, -0.2) is 71.1 Å². The van der Waals surface area contributed by atoms with Crippen molar-refractivity contribution in [3.8, 4) is 11.3 Å². The zero-order chi connectivity index (χ0) is 24.1. The van der Waals surface area contributed by atoms with Crippen LogP contribution in [0.1, 0.15) is 22.8 Å². The number of hydrogen-bond donors (Lipinski definition) is 0. The number of benzene rings is 2. The van der Waals surface area contributed by atoms with Crippen LogP contribution < -0.4 is 4.90 Å². The molecular weight excluding hydrogens is 450 g/mol. The van der Waals surface area contributed by atoms with E-state index in [1.165, 1.54) is 0 Å². The third-order valence-corrected chi connectivity index (χ3v) is 6.38. The highest BCUT2D eigenvalue weighted by molar-refractivity contribution is 6.33. The SMILES string of the molecule is CCN(CC(=O)N1CCN(c2ccc(-c3ccccc3Cl)nn2)CC1)C(=O)c1ccc(C)cc1. The second-order valence-corrected chi connectivity index (χ2v) is 8.72. The molecule has 8 heteroatoms. The Morgan fingerprint density at radius 1 is 0.941 bits per heavy atom. The average Bonchev–Trinajstić information content (AvgIpc) is 2.88. The van der Waals surface area contributed by atoms with Crippen molar-refractivity contribution in [2.45, 2.75) is 13.8 Å². The van der Waals surface area contributed by atoms with Crippen molar-refractivity contribution in [2.75, 3.05) is 44.2 Å². The summed E-state index contributed by atoms with van der Waals surface area (Å²) in [6, 6.07) is 18.8. The molecule has 0 radical (unpaired) electrons. The molecule has 0 aliphatic carbocycles. The zero-order valence-electron chi connectivity index (χ0n) is 19.4. The molecule has 0 atom stereocenters. The Hall–Kier alpha value is -3.45. The molecular formula is C26H28ClN5O2. The summed E-state index contributed by atoms with van der Waals surface area (Å²) in [6.45, 7) is 6.89. The van der Waals surface area contributed by atoms with Crippen molar-refractivity contribution in [1.82, 2.24) is 20.0 Å². The van der Waals surface area contributed by atoms with E-state index in [-0.39, 0.29) is 18.4 Å². The number of amides is 2. The van der Waals surface area contributed by atoms with Crippen molar-refractivity contribution < 1.29 is 9.59 Å². The van der Waals surface area contributed by atoms with Crippen LogP contribution in [0.15, 0.2) is 60.7 Å². The highest BCUT2D eigenvalue weighted by Gasteiger charge is 2.25. The third kappa shape index (κ3) is 5.37. The molecule has 4 rings (SSSR count). The van der Waals surface area contributed by atoms with Gasteiger partial charge in [-0.3, -0.25) is 9.59 Å². The average molecular weight is 478 g/mol. The largest absolute Gasteiger partial charge is 0.352 e. The number of carbonyl (C=O) groups is 2. The van der Waals surface area contributed by atoms with E-state index in [1.807, 2.05) is 79.4 Å². The van der Waals surface area contributed by atoms with E-state index in [0.717, 1.165) is 22.6 Å². The summed E-state index contributed by atoms with van der Waals surface area (Å²) >= 11 is 6.26. The fourth-order valence-corrected chi connectivity index (χ4v) is 4.19. The van der Waals surface area contributed by atoms with Gasteiger partial charge in [0.2, 0.25) is 5.91 Å². The Labute approximate surface area is 205 Å². The molecule has 2 amide bonds. The normalized spacial score (nSPS) is 13.6. The van der Waals surface area contributed by atoms with Crippen molar-refractivity contribution in [3.63, 3.8) is 0 Å². The second kappa shape index (κ2) is 10.7. The van der Waals surface area contributed by atoms with E-state index in [4.69, 9.17) is 11.6 Å². The Balaban J connectivity index is 1.33. The molecule has 2 heterocycles. The van der Waals surface area contributed by atoms with Gasteiger partial charge in [-0.05, 0) is 44.2 Å². The number of piperazine rings is 1. The molecule has 1 aliphatic heterocycles. The van der Waals surface area contributed by atoms with Gasteiger partial charge in [0.25, 0.3) is 5.91 Å². The molecule has 1 fully saturated rings. The lowest BCUT2D eigenvalue weighted by Crippen LogP contribution is -2.52. The maximum Gasteiger partial charge on any atom is 0.254 e. The second-order valence-electron chi connectivity index (χ2n) is 8.31. The van der Waals surface area contributed by atoms with E-state index in [1.54, 1.807) is 4.90 Å². The molecule has 34 heavy (non-hydrogen) atoms. The van der Waals surface area contributed by atoms with E-state index < -0.39 is 0 Å². The fourth-order valence-electron chi connectivity index (χ4n) is 3.96. The van der Waals surface area contributed by atoms with E-state index in [2.05, 4.69) is 15.1 Å². The molecule has 3 aromatic rings. The molecule has 0 N–H and O–H groups in total. The van der Waals surface area contributed by atoms with Crippen LogP contribution in [0.2, 0.25) is 5.02 Å². The first kappa shape index (κ1) is 23.7. The van der Waals surface area contributed by atoms with Crippen LogP contribution >= 0.6 is 11.6 Å². The van der Waals surface area contributed by atoms with Gasteiger partial charge in [0, 0.05) is 43.9 Å². The van der Waals surface area contributed by atoms with Gasteiger partial charge in [-0.15, -0.1) is 10.2 Å². The van der Waals surface area contributed by atoms with Crippen LogP contribution in [0.4, 0.5) is 5.82 Å². The zero-order valence-corrected chi connectivity index (χ0v) is 20.2. The van der Waals surface area contributed by atoms with E-state index in [9.17, 15) is 9.59 Å². The lowest BCUT2D eigenvalue weighted by molar-refractivity contribution is -0.132. The smallest absolute Gasteiger partial charge is 0.254 e. The van der Waals surface area contributed by atoms with E-state index in [0.29, 0.717) is 43.3 Å². The lowest BCUT2D eigenvalue weighted by atomic mass is 10.1. The van der Waals surface area contributed by atoms with Gasteiger partial charge in [-0.2, -0.15) is 0 Å². The lowest BCUT2D eigenvalue weighted by Gasteiger charge is -2.36. The molecule has 2 aromatic carbocycles. The molecule has 0 spiro atoms. The number of rotatable bonds is 6. The standard InChI is InChI=1S/C26H28ClN5O2/c1-3-30(26(34)20-10-8-19(2)9-11-20)18-25(33)32-16-14-31(15-17-32)24-13-12-23(28-29-24)21-6-4-5-7-22(21)27/h4-13H,3,14-18H2,1-2H3.